The summed E-state index contributed by atoms with van der Waals surface area (Å²) in [6, 6.07) is -0.183. The second kappa shape index (κ2) is 10.4. The first-order valence-corrected chi connectivity index (χ1v) is 13.7. The number of hydrogen-bond donors (Lipinski definition) is 2. The zero-order valence-corrected chi connectivity index (χ0v) is 24.6. The van der Waals surface area contributed by atoms with E-state index >= 15 is 4.39 Å². The lowest BCUT2D eigenvalue weighted by atomic mass is 9.91. The number of aromatic nitrogens is 2. The van der Waals surface area contributed by atoms with Crippen LogP contribution in [0.3, 0.4) is 0 Å². The highest BCUT2D eigenvalue weighted by molar-refractivity contribution is 6.38. The summed E-state index contributed by atoms with van der Waals surface area (Å²) < 4.78 is 28.2. The molecule has 1 saturated heterocycles. The van der Waals surface area contributed by atoms with E-state index in [4.69, 9.17) is 26.8 Å². The molecule has 1 amide bonds. The van der Waals surface area contributed by atoms with Crippen LogP contribution in [0.5, 0.6) is 0 Å². The fourth-order valence-corrected chi connectivity index (χ4v) is 5.45. The number of carbonyl (C=O) groups excluding carboxylic acids is 2. The van der Waals surface area contributed by atoms with Gasteiger partial charge in [-0.1, -0.05) is 18.5 Å². The fourth-order valence-electron chi connectivity index (χ4n) is 5.05. The summed E-state index contributed by atoms with van der Waals surface area (Å²) in [5, 5.41) is -0.262. The number of rotatable bonds is 5. The van der Waals surface area contributed by atoms with Gasteiger partial charge in [-0.25, -0.2) is 19.4 Å². The molecule has 0 bridgehead atoms. The fraction of sp³-hybridized carbons (Fsp3) is 0.630. The molecule has 2 aliphatic rings. The van der Waals surface area contributed by atoms with E-state index in [-0.39, 0.29) is 46.0 Å². The molecule has 1 aliphatic heterocycles. The Kier molecular flexibility index (Phi) is 7.74. The Balaban J connectivity index is 1.76. The number of carbonyl (C=O) groups is 2. The van der Waals surface area contributed by atoms with Crippen LogP contribution in [-0.2, 0) is 14.3 Å². The minimum absolute atomic E-state index is 0.0194. The highest BCUT2D eigenvalue weighted by Crippen LogP contribution is 2.42. The average Bonchev–Trinajstić information content (AvgIpc) is 3.56. The minimum Gasteiger partial charge on any atom is -0.459 e. The normalized spacial score (nSPS) is 20.5. The molecular weight excluding hydrogens is 545 g/mol. The van der Waals surface area contributed by atoms with Crippen molar-refractivity contribution in [2.45, 2.75) is 84.6 Å². The van der Waals surface area contributed by atoms with Crippen LogP contribution in [0.4, 0.5) is 14.9 Å². The SMILES string of the molecule is CC1CN(c2c(F)cc3c(=O)n(NC(=O)OC(C)(C)C)c(=O)n(C4CC4)c3c2Cl)CC1C(N)C(=O)OC(C)(C)C. The van der Waals surface area contributed by atoms with E-state index in [1.165, 1.54) is 4.57 Å². The van der Waals surface area contributed by atoms with Crippen LogP contribution < -0.4 is 27.3 Å². The zero-order valence-electron chi connectivity index (χ0n) is 23.8. The number of amides is 1. The van der Waals surface area contributed by atoms with Gasteiger partial charge in [0, 0.05) is 25.0 Å². The Hall–Kier alpha value is -3.12. The summed E-state index contributed by atoms with van der Waals surface area (Å²) in [5.41, 5.74) is 5.23. The van der Waals surface area contributed by atoms with E-state index < -0.39 is 46.4 Å². The Morgan fingerprint density at radius 3 is 2.25 bits per heavy atom. The van der Waals surface area contributed by atoms with Crippen LogP contribution >= 0.6 is 11.6 Å². The van der Waals surface area contributed by atoms with Crippen LogP contribution in [0.1, 0.15) is 67.3 Å². The minimum atomic E-state index is -1.00. The van der Waals surface area contributed by atoms with Crippen molar-refractivity contribution < 1.29 is 23.5 Å². The van der Waals surface area contributed by atoms with Crippen molar-refractivity contribution in [3.8, 4) is 0 Å². The van der Waals surface area contributed by atoms with E-state index in [9.17, 15) is 19.2 Å². The predicted octanol–water partition coefficient (Wildman–Crippen LogP) is 3.51. The van der Waals surface area contributed by atoms with E-state index in [0.29, 0.717) is 24.1 Å². The molecule has 0 spiro atoms. The largest absolute Gasteiger partial charge is 0.459 e. The number of benzene rings is 1. The number of esters is 1. The summed E-state index contributed by atoms with van der Waals surface area (Å²) in [5.74, 6) is -1.78. The number of nitrogens with zero attached hydrogens (tertiary/aromatic N) is 3. The second-order valence-corrected chi connectivity index (χ2v) is 13.0. The van der Waals surface area contributed by atoms with Crippen LogP contribution in [0, 0.1) is 17.7 Å². The molecule has 2 aromatic rings. The van der Waals surface area contributed by atoms with Crippen molar-refractivity contribution in [2.24, 2.45) is 17.6 Å². The van der Waals surface area contributed by atoms with E-state index in [0.717, 1.165) is 6.07 Å². The van der Waals surface area contributed by atoms with Crippen LogP contribution in [0.25, 0.3) is 10.9 Å². The monoisotopic (exact) mass is 581 g/mol. The molecule has 1 aromatic heterocycles. The van der Waals surface area contributed by atoms with Crippen LogP contribution in [-0.4, -0.2) is 51.6 Å². The summed E-state index contributed by atoms with van der Waals surface area (Å²) in [6.45, 7) is 12.6. The summed E-state index contributed by atoms with van der Waals surface area (Å²) in [4.78, 5) is 53.5. The Bertz CT molecular complexity index is 1470. The molecule has 1 saturated carbocycles. The molecule has 0 radical (unpaired) electrons. The van der Waals surface area contributed by atoms with Gasteiger partial charge in [0.2, 0.25) is 0 Å². The summed E-state index contributed by atoms with van der Waals surface area (Å²) in [7, 11) is 0. The molecule has 11 nitrogen and oxygen atoms in total. The highest BCUT2D eigenvalue weighted by atomic mass is 35.5. The third kappa shape index (κ3) is 5.97. The maximum absolute atomic E-state index is 15.7. The van der Waals surface area contributed by atoms with Gasteiger partial charge in [-0.05, 0) is 66.4 Å². The molecule has 2 fully saturated rings. The zero-order chi connectivity index (χ0) is 29.9. The third-order valence-electron chi connectivity index (χ3n) is 6.88. The van der Waals surface area contributed by atoms with Crippen LogP contribution in [0.15, 0.2) is 15.7 Å². The van der Waals surface area contributed by atoms with Gasteiger partial charge in [-0.3, -0.25) is 14.2 Å². The summed E-state index contributed by atoms with van der Waals surface area (Å²) in [6.07, 6.45) is 0.293. The van der Waals surface area contributed by atoms with E-state index in [1.54, 1.807) is 46.4 Å². The van der Waals surface area contributed by atoms with Crippen molar-refractivity contribution in [3.63, 3.8) is 0 Å². The van der Waals surface area contributed by atoms with Crippen molar-refractivity contribution >= 4 is 40.3 Å². The predicted molar refractivity (Wildman–Crippen MR) is 150 cm³/mol. The molecule has 4 rings (SSSR count). The summed E-state index contributed by atoms with van der Waals surface area (Å²) >= 11 is 6.79. The van der Waals surface area contributed by atoms with Crippen molar-refractivity contribution in [1.29, 1.82) is 0 Å². The van der Waals surface area contributed by atoms with Gasteiger partial charge in [0.25, 0.3) is 5.56 Å². The maximum atomic E-state index is 15.7. The molecule has 3 atom stereocenters. The molecular formula is C27H37ClFN5O6. The van der Waals surface area contributed by atoms with Gasteiger partial charge >= 0.3 is 17.8 Å². The smallest absolute Gasteiger partial charge is 0.427 e. The van der Waals surface area contributed by atoms with Crippen molar-refractivity contribution in [1.82, 2.24) is 9.24 Å². The molecule has 3 unspecified atom stereocenters. The number of anilines is 1. The van der Waals surface area contributed by atoms with Gasteiger partial charge in [0.15, 0.2) is 0 Å². The first-order valence-electron chi connectivity index (χ1n) is 13.3. The van der Waals surface area contributed by atoms with E-state index in [2.05, 4.69) is 5.43 Å². The van der Waals surface area contributed by atoms with Gasteiger partial charge in [0.1, 0.15) is 23.1 Å². The van der Waals surface area contributed by atoms with Gasteiger partial charge in [0.05, 0.1) is 21.6 Å². The standard InChI is InChI=1S/C27H37ClFN5O6/c1-13-11-32(12-16(13)19(30)23(36)39-26(2,3)4)21-17(29)10-15-20(18(21)28)33(14-8-9-14)25(38)34(22(15)35)31-24(37)40-27(5,6)7/h10,13-14,16,19H,8-9,11-12,30H2,1-7H3,(H,31,37). The topological polar surface area (TPSA) is 138 Å². The van der Waals surface area contributed by atoms with Gasteiger partial charge in [-0.15, -0.1) is 0 Å². The highest BCUT2D eigenvalue weighted by Gasteiger charge is 2.41. The number of ether oxygens (including phenoxy) is 2. The average molecular weight is 582 g/mol. The van der Waals surface area contributed by atoms with Gasteiger partial charge in [-0.2, -0.15) is 4.68 Å². The van der Waals surface area contributed by atoms with Crippen molar-refractivity contribution in [2.75, 3.05) is 23.4 Å². The number of hydrogen-bond acceptors (Lipinski definition) is 8. The Labute approximate surface area is 236 Å². The lowest BCUT2D eigenvalue weighted by molar-refractivity contribution is -0.158. The molecule has 2 heterocycles. The van der Waals surface area contributed by atoms with E-state index in [1.807, 2.05) is 6.92 Å². The van der Waals surface area contributed by atoms with Crippen molar-refractivity contribution in [3.05, 3.63) is 37.7 Å². The number of nitrogens with two attached hydrogens (primary N) is 1. The Morgan fingerprint density at radius 2 is 1.70 bits per heavy atom. The maximum Gasteiger partial charge on any atom is 0.427 e. The molecule has 40 heavy (non-hydrogen) atoms. The Morgan fingerprint density at radius 1 is 1.10 bits per heavy atom. The molecule has 220 valence electrons. The lowest BCUT2D eigenvalue weighted by Crippen LogP contribution is -2.48. The first-order chi connectivity index (χ1) is 18.4. The second-order valence-electron chi connectivity index (χ2n) is 12.7. The number of fused-ring (bicyclic) bond motifs is 1. The number of nitrogens with one attached hydrogen (secondary N) is 1. The third-order valence-corrected chi connectivity index (χ3v) is 7.24. The molecule has 13 heteroatoms. The molecule has 1 aliphatic carbocycles. The quantitative estimate of drug-likeness (QED) is 0.512. The lowest BCUT2D eigenvalue weighted by Gasteiger charge is -2.27. The van der Waals surface area contributed by atoms with Gasteiger partial charge < -0.3 is 20.1 Å². The first kappa shape index (κ1) is 29.9. The molecule has 3 N–H and O–H groups in total. The van der Waals surface area contributed by atoms with Crippen LogP contribution in [0.2, 0.25) is 5.02 Å². The molecule has 1 aromatic carbocycles. The number of halogens is 2.